The number of piperidine rings is 1. The first-order valence-corrected chi connectivity index (χ1v) is 8.53. The Morgan fingerprint density at radius 2 is 2.17 bits per heavy atom. The molecule has 2 aliphatic heterocycles. The number of benzene rings is 1. The summed E-state index contributed by atoms with van der Waals surface area (Å²) in [6.07, 6.45) is 3.41. The molecule has 5 nitrogen and oxygen atoms in total. The molecule has 2 aliphatic rings. The number of fused-ring (bicyclic) bond motifs is 1. The van der Waals surface area contributed by atoms with Crippen molar-refractivity contribution in [2.75, 3.05) is 38.1 Å². The van der Waals surface area contributed by atoms with Gasteiger partial charge in [-0.25, -0.2) is 0 Å². The SMILES string of the molecule is CN=C(NCC(=O)N1CCc2ccccc21)N1CCCC(C)C1. The fraction of sp³-hybridized carbons (Fsp3) is 0.556. The zero-order chi connectivity index (χ0) is 16.2. The summed E-state index contributed by atoms with van der Waals surface area (Å²) in [6.45, 7) is 5.38. The van der Waals surface area contributed by atoms with Crippen molar-refractivity contribution in [2.24, 2.45) is 10.9 Å². The molecule has 5 heteroatoms. The van der Waals surface area contributed by atoms with E-state index in [4.69, 9.17) is 0 Å². The maximum Gasteiger partial charge on any atom is 0.246 e. The summed E-state index contributed by atoms with van der Waals surface area (Å²) >= 11 is 0. The lowest BCUT2D eigenvalue weighted by molar-refractivity contribution is -0.117. The van der Waals surface area contributed by atoms with Crippen molar-refractivity contribution >= 4 is 17.6 Å². The van der Waals surface area contributed by atoms with E-state index in [2.05, 4.69) is 28.2 Å². The number of nitrogens with zero attached hydrogens (tertiary/aromatic N) is 3. The summed E-state index contributed by atoms with van der Waals surface area (Å²) < 4.78 is 0. The average Bonchev–Trinajstić information content (AvgIpc) is 2.99. The molecule has 0 aliphatic carbocycles. The molecule has 23 heavy (non-hydrogen) atoms. The Labute approximate surface area is 138 Å². The Balaban J connectivity index is 1.58. The zero-order valence-corrected chi connectivity index (χ0v) is 14.1. The van der Waals surface area contributed by atoms with Crippen LogP contribution in [-0.2, 0) is 11.2 Å². The number of aliphatic imine (C=N–C) groups is 1. The lowest BCUT2D eigenvalue weighted by atomic mass is 10.0. The highest BCUT2D eigenvalue weighted by atomic mass is 16.2. The lowest BCUT2D eigenvalue weighted by Gasteiger charge is -2.33. The van der Waals surface area contributed by atoms with Crippen LogP contribution in [0.4, 0.5) is 5.69 Å². The molecule has 0 spiro atoms. The van der Waals surface area contributed by atoms with Crippen molar-refractivity contribution in [3.63, 3.8) is 0 Å². The minimum absolute atomic E-state index is 0.112. The minimum atomic E-state index is 0.112. The molecule has 1 N–H and O–H groups in total. The molecule has 1 aromatic rings. The fourth-order valence-electron chi connectivity index (χ4n) is 3.56. The van der Waals surface area contributed by atoms with Crippen molar-refractivity contribution in [2.45, 2.75) is 26.2 Å². The topological polar surface area (TPSA) is 47.9 Å². The third kappa shape index (κ3) is 3.49. The first-order valence-electron chi connectivity index (χ1n) is 8.53. The van der Waals surface area contributed by atoms with Crippen molar-refractivity contribution in [3.8, 4) is 0 Å². The number of para-hydroxylation sites is 1. The number of nitrogens with one attached hydrogen (secondary N) is 1. The van der Waals surface area contributed by atoms with E-state index in [1.807, 2.05) is 23.1 Å². The van der Waals surface area contributed by atoms with E-state index in [1.165, 1.54) is 18.4 Å². The van der Waals surface area contributed by atoms with Gasteiger partial charge in [0.15, 0.2) is 5.96 Å². The van der Waals surface area contributed by atoms with Gasteiger partial charge in [-0.15, -0.1) is 0 Å². The van der Waals surface area contributed by atoms with Gasteiger partial charge in [0.05, 0.1) is 6.54 Å². The number of carbonyl (C=O) groups is 1. The quantitative estimate of drug-likeness (QED) is 0.670. The van der Waals surface area contributed by atoms with E-state index >= 15 is 0 Å². The van der Waals surface area contributed by atoms with Crippen LogP contribution in [0.2, 0.25) is 0 Å². The molecule has 1 unspecified atom stereocenters. The Kier molecular flexibility index (Phi) is 4.84. The molecule has 0 bridgehead atoms. The molecular formula is C18H26N4O. The van der Waals surface area contributed by atoms with Gasteiger partial charge in [0.2, 0.25) is 5.91 Å². The summed E-state index contributed by atoms with van der Waals surface area (Å²) in [4.78, 5) is 21.1. The monoisotopic (exact) mass is 314 g/mol. The molecule has 1 aromatic carbocycles. The highest BCUT2D eigenvalue weighted by Gasteiger charge is 2.25. The number of hydrogen-bond donors (Lipinski definition) is 1. The third-order valence-electron chi connectivity index (χ3n) is 4.75. The van der Waals surface area contributed by atoms with Crippen LogP contribution in [0.15, 0.2) is 29.3 Å². The van der Waals surface area contributed by atoms with Crippen LogP contribution in [0.5, 0.6) is 0 Å². The Bertz CT molecular complexity index is 598. The van der Waals surface area contributed by atoms with Crippen molar-refractivity contribution in [3.05, 3.63) is 29.8 Å². The third-order valence-corrected chi connectivity index (χ3v) is 4.75. The van der Waals surface area contributed by atoms with E-state index in [0.717, 1.165) is 37.7 Å². The van der Waals surface area contributed by atoms with E-state index < -0.39 is 0 Å². The Morgan fingerprint density at radius 3 is 2.96 bits per heavy atom. The smallest absolute Gasteiger partial charge is 0.246 e. The van der Waals surface area contributed by atoms with Gasteiger partial charge in [0, 0.05) is 32.4 Å². The molecule has 1 atom stereocenters. The zero-order valence-electron chi connectivity index (χ0n) is 14.1. The predicted octanol–water partition coefficient (Wildman–Crippen LogP) is 1.88. The maximum absolute atomic E-state index is 12.6. The van der Waals surface area contributed by atoms with Crippen LogP contribution in [0.3, 0.4) is 0 Å². The van der Waals surface area contributed by atoms with Gasteiger partial charge in [-0.2, -0.15) is 0 Å². The van der Waals surface area contributed by atoms with Gasteiger partial charge in [-0.3, -0.25) is 9.79 Å². The Morgan fingerprint density at radius 1 is 1.35 bits per heavy atom. The maximum atomic E-state index is 12.6. The largest absolute Gasteiger partial charge is 0.347 e. The fourth-order valence-corrected chi connectivity index (χ4v) is 3.56. The number of hydrogen-bond acceptors (Lipinski definition) is 2. The normalized spacial score (nSPS) is 21.3. The number of guanidine groups is 1. The molecule has 1 fully saturated rings. The second kappa shape index (κ2) is 7.02. The number of anilines is 1. The second-order valence-corrected chi connectivity index (χ2v) is 6.52. The van der Waals surface area contributed by atoms with Gasteiger partial charge >= 0.3 is 0 Å². The second-order valence-electron chi connectivity index (χ2n) is 6.52. The van der Waals surface area contributed by atoms with Crippen LogP contribution in [0.25, 0.3) is 0 Å². The summed E-state index contributed by atoms with van der Waals surface area (Å²) in [7, 11) is 1.79. The van der Waals surface area contributed by atoms with Crippen LogP contribution in [0.1, 0.15) is 25.3 Å². The molecule has 0 radical (unpaired) electrons. The van der Waals surface area contributed by atoms with Gasteiger partial charge in [0.25, 0.3) is 0 Å². The number of carbonyl (C=O) groups excluding carboxylic acids is 1. The molecule has 1 amide bonds. The van der Waals surface area contributed by atoms with Crippen LogP contribution >= 0.6 is 0 Å². The minimum Gasteiger partial charge on any atom is -0.347 e. The van der Waals surface area contributed by atoms with Crippen LogP contribution in [0, 0.1) is 5.92 Å². The van der Waals surface area contributed by atoms with E-state index in [-0.39, 0.29) is 5.91 Å². The first-order chi connectivity index (χ1) is 11.2. The highest BCUT2D eigenvalue weighted by molar-refractivity contribution is 5.98. The summed E-state index contributed by atoms with van der Waals surface area (Å²) in [6, 6.07) is 8.15. The Hall–Kier alpha value is -2.04. The summed E-state index contributed by atoms with van der Waals surface area (Å²) in [5.74, 6) is 1.64. The summed E-state index contributed by atoms with van der Waals surface area (Å²) in [5, 5.41) is 3.25. The highest BCUT2D eigenvalue weighted by Crippen LogP contribution is 2.27. The number of amides is 1. The molecule has 2 heterocycles. The molecule has 0 aromatic heterocycles. The molecular weight excluding hydrogens is 288 g/mol. The lowest BCUT2D eigenvalue weighted by Crippen LogP contribution is -2.49. The van der Waals surface area contributed by atoms with Gasteiger partial charge < -0.3 is 15.1 Å². The van der Waals surface area contributed by atoms with E-state index in [9.17, 15) is 4.79 Å². The number of rotatable bonds is 2. The van der Waals surface area contributed by atoms with E-state index in [0.29, 0.717) is 12.5 Å². The van der Waals surface area contributed by atoms with E-state index in [1.54, 1.807) is 7.05 Å². The van der Waals surface area contributed by atoms with Crippen molar-refractivity contribution in [1.82, 2.24) is 10.2 Å². The molecule has 1 saturated heterocycles. The van der Waals surface area contributed by atoms with Gasteiger partial charge in [-0.05, 0) is 36.8 Å². The molecule has 124 valence electrons. The van der Waals surface area contributed by atoms with Gasteiger partial charge in [-0.1, -0.05) is 25.1 Å². The standard InChI is InChI=1S/C18H26N4O/c1-14-6-5-10-21(13-14)18(19-2)20-12-17(23)22-11-9-15-7-3-4-8-16(15)22/h3-4,7-8,14H,5-6,9-13H2,1-2H3,(H,19,20). The molecule has 0 saturated carbocycles. The van der Waals surface area contributed by atoms with Crippen molar-refractivity contribution in [1.29, 1.82) is 0 Å². The predicted molar refractivity (Wildman–Crippen MR) is 93.8 cm³/mol. The van der Waals surface area contributed by atoms with Gasteiger partial charge in [0.1, 0.15) is 0 Å². The molecule has 3 rings (SSSR count). The number of likely N-dealkylation sites (tertiary alicyclic amines) is 1. The average molecular weight is 314 g/mol. The van der Waals surface area contributed by atoms with Crippen LogP contribution < -0.4 is 10.2 Å². The van der Waals surface area contributed by atoms with Crippen LogP contribution in [-0.4, -0.2) is 50.0 Å². The van der Waals surface area contributed by atoms with Crippen molar-refractivity contribution < 1.29 is 4.79 Å². The first kappa shape index (κ1) is 15.8. The summed E-state index contributed by atoms with van der Waals surface area (Å²) in [5.41, 5.74) is 2.32.